The highest BCUT2D eigenvalue weighted by Gasteiger charge is 2.26. The Kier molecular flexibility index (Phi) is 4.97. The van der Waals surface area contributed by atoms with E-state index in [-0.39, 0.29) is 23.3 Å². The smallest absolute Gasteiger partial charge is 0.290 e. The van der Waals surface area contributed by atoms with Crippen LogP contribution in [-0.2, 0) is 6.54 Å². The molecule has 2 aromatic heterocycles. The van der Waals surface area contributed by atoms with Crippen LogP contribution < -0.4 is 10.1 Å². The van der Waals surface area contributed by atoms with Gasteiger partial charge < -0.3 is 15.0 Å². The number of imidazole rings is 1. The minimum absolute atomic E-state index is 0.137. The van der Waals surface area contributed by atoms with Crippen LogP contribution in [0.25, 0.3) is 5.52 Å². The predicted molar refractivity (Wildman–Crippen MR) is 104 cm³/mol. The van der Waals surface area contributed by atoms with E-state index < -0.39 is 0 Å². The first-order valence-electron chi connectivity index (χ1n) is 9.35. The lowest BCUT2D eigenvalue weighted by molar-refractivity contribution is 0.0780. The van der Waals surface area contributed by atoms with Crippen molar-refractivity contribution in [2.45, 2.75) is 19.4 Å². The van der Waals surface area contributed by atoms with Crippen LogP contribution in [0.3, 0.4) is 0 Å². The number of fused-ring (bicyclic) bond motifs is 1. The monoisotopic (exact) mass is 378 g/mol. The van der Waals surface area contributed by atoms with Gasteiger partial charge in [-0.1, -0.05) is 24.3 Å². The van der Waals surface area contributed by atoms with Crippen molar-refractivity contribution < 1.29 is 14.3 Å². The third kappa shape index (κ3) is 3.31. The molecule has 1 saturated heterocycles. The Morgan fingerprint density at radius 1 is 1.11 bits per heavy atom. The Hall–Kier alpha value is -3.35. The summed E-state index contributed by atoms with van der Waals surface area (Å²) < 4.78 is 7.02. The molecule has 1 aromatic carbocycles. The Bertz CT molecular complexity index is 1020. The lowest BCUT2D eigenvalue weighted by Crippen LogP contribution is -2.29. The number of para-hydroxylation sites is 1. The Morgan fingerprint density at radius 3 is 2.64 bits per heavy atom. The van der Waals surface area contributed by atoms with E-state index in [1.54, 1.807) is 28.7 Å². The van der Waals surface area contributed by atoms with E-state index in [1.165, 1.54) is 0 Å². The molecule has 1 fully saturated rings. The Morgan fingerprint density at radius 2 is 1.86 bits per heavy atom. The first-order chi connectivity index (χ1) is 13.7. The van der Waals surface area contributed by atoms with E-state index in [1.807, 2.05) is 36.4 Å². The Balaban J connectivity index is 1.61. The van der Waals surface area contributed by atoms with Crippen LogP contribution in [0.2, 0.25) is 0 Å². The molecule has 28 heavy (non-hydrogen) atoms. The molecule has 2 amide bonds. The summed E-state index contributed by atoms with van der Waals surface area (Å²) in [6.45, 7) is 1.77. The highest BCUT2D eigenvalue weighted by atomic mass is 16.5. The van der Waals surface area contributed by atoms with Gasteiger partial charge in [-0.3, -0.25) is 14.0 Å². The number of hydrogen-bond acceptors (Lipinski definition) is 4. The number of likely N-dealkylation sites (tertiary alicyclic amines) is 1. The summed E-state index contributed by atoms with van der Waals surface area (Å²) in [4.78, 5) is 31.9. The maximum atomic E-state index is 12.9. The molecule has 3 heterocycles. The van der Waals surface area contributed by atoms with Crippen molar-refractivity contribution >= 4 is 17.3 Å². The molecule has 0 spiro atoms. The summed E-state index contributed by atoms with van der Waals surface area (Å²) in [6.07, 6.45) is 3.77. The zero-order valence-electron chi connectivity index (χ0n) is 15.7. The number of amides is 2. The van der Waals surface area contributed by atoms with Crippen LogP contribution in [0.1, 0.15) is 39.5 Å². The van der Waals surface area contributed by atoms with Gasteiger partial charge in [0.05, 0.1) is 12.6 Å². The normalized spacial score (nSPS) is 13.7. The van der Waals surface area contributed by atoms with Gasteiger partial charge in [0, 0.05) is 31.4 Å². The third-order valence-electron chi connectivity index (χ3n) is 4.98. The average Bonchev–Trinajstić information content (AvgIpc) is 3.40. The zero-order valence-corrected chi connectivity index (χ0v) is 15.7. The molecule has 0 radical (unpaired) electrons. The second kappa shape index (κ2) is 7.72. The highest BCUT2D eigenvalue weighted by Crippen LogP contribution is 2.19. The molecule has 1 aliphatic rings. The Labute approximate surface area is 162 Å². The highest BCUT2D eigenvalue weighted by molar-refractivity contribution is 6.02. The first-order valence-corrected chi connectivity index (χ1v) is 9.35. The maximum Gasteiger partial charge on any atom is 0.290 e. The third-order valence-corrected chi connectivity index (χ3v) is 4.98. The van der Waals surface area contributed by atoms with E-state index in [2.05, 4.69) is 10.3 Å². The number of pyridine rings is 1. The molecule has 0 bridgehead atoms. The fraction of sp³-hybridized carbons (Fsp3) is 0.286. The molecule has 7 heteroatoms. The predicted octanol–water partition coefficient (Wildman–Crippen LogP) is 2.51. The number of carbonyl (C=O) groups is 2. The SMILES string of the molecule is COc1ccccc1CNC(=O)c1nc(C(=O)N2CCCC2)n2ccccc12. The number of methoxy groups -OCH3 is 1. The second-order valence-corrected chi connectivity index (χ2v) is 6.73. The number of nitrogens with zero attached hydrogens (tertiary/aromatic N) is 3. The maximum absolute atomic E-state index is 12.9. The van der Waals surface area contributed by atoms with E-state index in [9.17, 15) is 9.59 Å². The topological polar surface area (TPSA) is 75.9 Å². The number of nitrogens with one attached hydrogen (secondary N) is 1. The molecule has 0 aliphatic carbocycles. The van der Waals surface area contributed by atoms with Gasteiger partial charge in [0.15, 0.2) is 5.69 Å². The fourth-order valence-electron chi connectivity index (χ4n) is 3.53. The van der Waals surface area contributed by atoms with E-state index >= 15 is 0 Å². The van der Waals surface area contributed by atoms with E-state index in [0.717, 1.165) is 31.5 Å². The molecule has 3 aromatic rings. The van der Waals surface area contributed by atoms with Crippen LogP contribution in [0.5, 0.6) is 5.75 Å². The van der Waals surface area contributed by atoms with Gasteiger partial charge in [-0.15, -0.1) is 0 Å². The second-order valence-electron chi connectivity index (χ2n) is 6.73. The van der Waals surface area contributed by atoms with Gasteiger partial charge in [0.25, 0.3) is 11.8 Å². The number of aromatic nitrogens is 2. The molecule has 7 nitrogen and oxygen atoms in total. The molecule has 0 saturated carbocycles. The molecule has 1 N–H and O–H groups in total. The van der Waals surface area contributed by atoms with Gasteiger partial charge in [0.2, 0.25) is 5.82 Å². The van der Waals surface area contributed by atoms with Crippen LogP contribution >= 0.6 is 0 Å². The summed E-state index contributed by atoms with van der Waals surface area (Å²) in [6, 6.07) is 13.0. The number of hydrogen-bond donors (Lipinski definition) is 1. The van der Waals surface area contributed by atoms with Gasteiger partial charge in [-0.05, 0) is 31.0 Å². The van der Waals surface area contributed by atoms with E-state index in [0.29, 0.717) is 17.8 Å². The minimum Gasteiger partial charge on any atom is -0.496 e. The van der Waals surface area contributed by atoms with Crippen LogP contribution in [-0.4, -0.2) is 46.3 Å². The molecule has 1 aliphatic heterocycles. The van der Waals surface area contributed by atoms with Gasteiger partial charge >= 0.3 is 0 Å². The molecule has 0 atom stereocenters. The number of rotatable bonds is 5. The summed E-state index contributed by atoms with van der Waals surface area (Å²) in [7, 11) is 1.60. The number of benzene rings is 1. The van der Waals surface area contributed by atoms with Crippen molar-refractivity contribution in [3.8, 4) is 5.75 Å². The number of carbonyl (C=O) groups excluding carboxylic acids is 2. The van der Waals surface area contributed by atoms with Crippen molar-refractivity contribution in [3.05, 3.63) is 65.7 Å². The van der Waals surface area contributed by atoms with Gasteiger partial charge in [0.1, 0.15) is 5.75 Å². The van der Waals surface area contributed by atoms with E-state index in [4.69, 9.17) is 4.74 Å². The largest absolute Gasteiger partial charge is 0.496 e. The van der Waals surface area contributed by atoms with Crippen molar-refractivity contribution in [1.29, 1.82) is 0 Å². The molecule has 0 unspecified atom stereocenters. The summed E-state index contributed by atoms with van der Waals surface area (Å²) >= 11 is 0. The standard InChI is InChI=1S/C21H22N4O3/c1-28-17-10-3-2-8-15(17)14-22-20(26)18-16-9-4-5-13-25(16)19(23-18)21(27)24-11-6-7-12-24/h2-5,8-10,13H,6-7,11-12,14H2,1H3,(H,22,26). The van der Waals surface area contributed by atoms with Crippen molar-refractivity contribution in [2.24, 2.45) is 0 Å². The molecule has 4 rings (SSSR count). The summed E-state index contributed by atoms with van der Waals surface area (Å²) in [5.74, 6) is 0.528. The molecular weight excluding hydrogens is 356 g/mol. The average molecular weight is 378 g/mol. The minimum atomic E-state index is -0.324. The van der Waals surface area contributed by atoms with Crippen LogP contribution in [0, 0.1) is 0 Å². The van der Waals surface area contributed by atoms with Gasteiger partial charge in [-0.25, -0.2) is 4.98 Å². The number of ether oxygens (including phenoxy) is 1. The van der Waals surface area contributed by atoms with Crippen molar-refractivity contribution in [1.82, 2.24) is 19.6 Å². The first kappa shape index (κ1) is 18.0. The van der Waals surface area contributed by atoms with Crippen molar-refractivity contribution in [3.63, 3.8) is 0 Å². The van der Waals surface area contributed by atoms with Gasteiger partial charge in [-0.2, -0.15) is 0 Å². The van der Waals surface area contributed by atoms with Crippen LogP contribution in [0.4, 0.5) is 0 Å². The quantitative estimate of drug-likeness (QED) is 0.740. The summed E-state index contributed by atoms with van der Waals surface area (Å²) in [5, 5.41) is 2.88. The van der Waals surface area contributed by atoms with Crippen LogP contribution in [0.15, 0.2) is 48.7 Å². The lowest BCUT2D eigenvalue weighted by atomic mass is 10.2. The lowest BCUT2D eigenvalue weighted by Gasteiger charge is -2.13. The zero-order chi connectivity index (χ0) is 19.5. The van der Waals surface area contributed by atoms with Crippen molar-refractivity contribution in [2.75, 3.05) is 20.2 Å². The summed E-state index contributed by atoms with van der Waals surface area (Å²) in [5.41, 5.74) is 1.73. The molecular formula is C21H22N4O3. The molecule has 144 valence electrons. The fourth-order valence-corrected chi connectivity index (χ4v) is 3.53.